The van der Waals surface area contributed by atoms with E-state index in [-0.39, 0.29) is 11.9 Å². The second-order valence-electron chi connectivity index (χ2n) is 6.06. The normalized spacial score (nSPS) is 12.1. The third-order valence-electron chi connectivity index (χ3n) is 4.02. The van der Waals surface area contributed by atoms with E-state index >= 15 is 0 Å². The molecule has 2 aromatic heterocycles. The van der Waals surface area contributed by atoms with Crippen molar-refractivity contribution in [1.82, 2.24) is 10.3 Å². The van der Waals surface area contributed by atoms with E-state index in [2.05, 4.69) is 22.4 Å². The van der Waals surface area contributed by atoms with Crippen molar-refractivity contribution in [3.8, 4) is 11.5 Å². The van der Waals surface area contributed by atoms with Crippen molar-refractivity contribution in [2.45, 2.75) is 24.8 Å². The fraction of sp³-hybridized carbons (Fsp3) is 0.300. The van der Waals surface area contributed by atoms with Crippen LogP contribution in [0.3, 0.4) is 0 Å². The topological polar surface area (TPSA) is 64.4 Å². The smallest absolute Gasteiger partial charge is 0.255 e. The minimum Gasteiger partial charge on any atom is -0.462 e. The van der Waals surface area contributed by atoms with Gasteiger partial charge in [0.25, 0.3) is 5.91 Å². The van der Waals surface area contributed by atoms with Crippen LogP contribution in [0.25, 0.3) is 11.5 Å². The molecule has 1 atom stereocenters. The van der Waals surface area contributed by atoms with Crippen molar-refractivity contribution in [3.63, 3.8) is 0 Å². The summed E-state index contributed by atoms with van der Waals surface area (Å²) in [4.78, 5) is 18.1. The van der Waals surface area contributed by atoms with E-state index in [9.17, 15) is 4.79 Å². The van der Waals surface area contributed by atoms with Gasteiger partial charge in [-0.1, -0.05) is 12.1 Å². The van der Waals surface area contributed by atoms with Crippen LogP contribution in [0.15, 0.2) is 51.3 Å². The summed E-state index contributed by atoms with van der Waals surface area (Å²) >= 11 is 3.30. The van der Waals surface area contributed by atoms with Gasteiger partial charge in [0.05, 0.1) is 23.2 Å². The number of nitrogens with zero attached hydrogens (tertiary/aromatic N) is 1. The maximum Gasteiger partial charge on any atom is 0.255 e. The Morgan fingerprint density at radius 1 is 1.37 bits per heavy atom. The summed E-state index contributed by atoms with van der Waals surface area (Å²) in [5.41, 5.74) is 2.30. The van der Waals surface area contributed by atoms with Gasteiger partial charge in [-0.15, -0.1) is 23.1 Å². The molecule has 0 spiro atoms. The van der Waals surface area contributed by atoms with Crippen LogP contribution in [0.2, 0.25) is 0 Å². The molecule has 1 aromatic carbocycles. The van der Waals surface area contributed by atoms with Crippen LogP contribution in [0, 0.1) is 6.92 Å². The highest BCUT2D eigenvalue weighted by Crippen LogP contribution is 2.25. The molecule has 0 aliphatic rings. The van der Waals surface area contributed by atoms with Gasteiger partial charge in [-0.2, -0.15) is 0 Å². The first kappa shape index (κ1) is 19.7. The molecule has 27 heavy (non-hydrogen) atoms. The van der Waals surface area contributed by atoms with Crippen LogP contribution in [-0.2, 0) is 4.74 Å². The van der Waals surface area contributed by atoms with Gasteiger partial charge in [-0.25, -0.2) is 4.98 Å². The Morgan fingerprint density at radius 2 is 2.15 bits per heavy atom. The Morgan fingerprint density at radius 3 is 2.81 bits per heavy atom. The molecule has 142 valence electrons. The second-order valence-corrected chi connectivity index (χ2v) is 8.29. The van der Waals surface area contributed by atoms with Crippen molar-refractivity contribution in [3.05, 3.63) is 58.1 Å². The molecule has 0 fully saturated rings. The van der Waals surface area contributed by atoms with Crippen molar-refractivity contribution < 1.29 is 13.9 Å². The SMILES string of the molecule is COCCSc1ccc(C(C)NC(=O)c2coc(-c3csc(C)n3)c2)cc1. The maximum atomic E-state index is 12.5. The number of thiazole rings is 1. The first-order valence-corrected chi connectivity index (χ1v) is 10.5. The molecule has 2 heterocycles. The molecule has 0 saturated heterocycles. The molecule has 0 aliphatic heterocycles. The van der Waals surface area contributed by atoms with Gasteiger partial charge in [-0.3, -0.25) is 4.79 Å². The van der Waals surface area contributed by atoms with Crippen molar-refractivity contribution in [2.24, 2.45) is 0 Å². The summed E-state index contributed by atoms with van der Waals surface area (Å²) in [5.74, 6) is 1.36. The van der Waals surface area contributed by atoms with Gasteiger partial charge < -0.3 is 14.5 Å². The standard InChI is InChI=1S/C20H22N2O3S2/c1-13(15-4-6-17(7-5-15)26-9-8-24-3)21-20(23)16-10-19(25-11-16)18-12-27-14(2)22-18/h4-7,10-13H,8-9H2,1-3H3,(H,21,23). The lowest BCUT2D eigenvalue weighted by atomic mass is 10.1. The number of thioether (sulfide) groups is 1. The van der Waals surface area contributed by atoms with Crippen molar-refractivity contribution >= 4 is 29.0 Å². The van der Waals surface area contributed by atoms with Crippen molar-refractivity contribution in [2.75, 3.05) is 19.5 Å². The predicted octanol–water partition coefficient (Wildman–Crippen LogP) is 4.94. The lowest BCUT2D eigenvalue weighted by Crippen LogP contribution is -2.26. The zero-order valence-corrected chi connectivity index (χ0v) is 17.2. The maximum absolute atomic E-state index is 12.5. The zero-order chi connectivity index (χ0) is 19.2. The molecule has 1 amide bonds. The summed E-state index contributed by atoms with van der Waals surface area (Å²) in [6.07, 6.45) is 1.47. The molecular formula is C20H22N2O3S2. The van der Waals surface area contributed by atoms with Crippen LogP contribution in [-0.4, -0.2) is 30.4 Å². The number of carbonyl (C=O) groups excluding carboxylic acids is 1. The molecule has 7 heteroatoms. The van der Waals surface area contributed by atoms with E-state index in [0.29, 0.717) is 11.3 Å². The molecule has 1 unspecified atom stereocenters. The summed E-state index contributed by atoms with van der Waals surface area (Å²) in [5, 5.41) is 5.89. The number of hydrogen-bond donors (Lipinski definition) is 1. The van der Waals surface area contributed by atoms with E-state index in [1.165, 1.54) is 11.2 Å². The first-order valence-electron chi connectivity index (χ1n) is 8.60. The summed E-state index contributed by atoms with van der Waals surface area (Å²) in [6.45, 7) is 4.63. The largest absolute Gasteiger partial charge is 0.462 e. The minimum absolute atomic E-state index is 0.101. The molecule has 0 bridgehead atoms. The Hall–Kier alpha value is -2.09. The highest BCUT2D eigenvalue weighted by Gasteiger charge is 2.16. The number of methoxy groups -OCH3 is 1. The highest BCUT2D eigenvalue weighted by atomic mass is 32.2. The van der Waals surface area contributed by atoms with E-state index in [1.807, 2.05) is 31.4 Å². The van der Waals surface area contributed by atoms with Crippen LogP contribution in [0.5, 0.6) is 0 Å². The summed E-state index contributed by atoms with van der Waals surface area (Å²) in [7, 11) is 1.70. The number of aromatic nitrogens is 1. The molecule has 0 aliphatic carbocycles. The zero-order valence-electron chi connectivity index (χ0n) is 15.5. The highest BCUT2D eigenvalue weighted by molar-refractivity contribution is 7.99. The number of hydrogen-bond acceptors (Lipinski definition) is 6. The van der Waals surface area contributed by atoms with Gasteiger partial charge in [0, 0.05) is 23.1 Å². The number of benzene rings is 1. The van der Waals surface area contributed by atoms with Gasteiger partial charge in [-0.05, 0) is 37.6 Å². The molecule has 5 nitrogen and oxygen atoms in total. The Labute approximate surface area is 167 Å². The number of nitrogens with one attached hydrogen (secondary N) is 1. The lowest BCUT2D eigenvalue weighted by Gasteiger charge is -2.14. The van der Waals surface area contributed by atoms with E-state index < -0.39 is 0 Å². The number of carbonyl (C=O) groups is 1. The Balaban J connectivity index is 1.59. The molecule has 3 rings (SSSR count). The molecular weight excluding hydrogens is 380 g/mol. The number of amides is 1. The lowest BCUT2D eigenvalue weighted by molar-refractivity contribution is 0.0939. The van der Waals surface area contributed by atoms with E-state index in [1.54, 1.807) is 36.3 Å². The number of aryl methyl sites for hydroxylation is 1. The Bertz CT molecular complexity index is 887. The number of furan rings is 1. The van der Waals surface area contributed by atoms with E-state index in [4.69, 9.17) is 9.15 Å². The average Bonchev–Trinajstić information content (AvgIpc) is 3.31. The van der Waals surface area contributed by atoms with Gasteiger partial charge in [0.2, 0.25) is 0 Å². The van der Waals surface area contributed by atoms with Crippen molar-refractivity contribution in [1.29, 1.82) is 0 Å². The van der Waals surface area contributed by atoms with Crippen LogP contribution < -0.4 is 5.32 Å². The first-order chi connectivity index (χ1) is 13.1. The van der Waals surface area contributed by atoms with Gasteiger partial charge in [0.15, 0.2) is 5.76 Å². The fourth-order valence-corrected chi connectivity index (χ4v) is 3.94. The third kappa shape index (κ3) is 5.22. The average molecular weight is 403 g/mol. The second kappa shape index (κ2) is 9.21. The number of rotatable bonds is 8. The monoisotopic (exact) mass is 402 g/mol. The van der Waals surface area contributed by atoms with Crippen LogP contribution in [0.1, 0.15) is 33.9 Å². The molecule has 3 aromatic rings. The van der Waals surface area contributed by atoms with Gasteiger partial charge >= 0.3 is 0 Å². The molecule has 1 N–H and O–H groups in total. The minimum atomic E-state index is -0.164. The summed E-state index contributed by atoms with van der Waals surface area (Å²) < 4.78 is 10.6. The molecule has 0 radical (unpaired) electrons. The predicted molar refractivity (Wildman–Crippen MR) is 109 cm³/mol. The van der Waals surface area contributed by atoms with Gasteiger partial charge in [0.1, 0.15) is 12.0 Å². The third-order valence-corrected chi connectivity index (χ3v) is 5.77. The fourth-order valence-electron chi connectivity index (χ4n) is 2.53. The number of ether oxygens (including phenoxy) is 1. The van der Waals surface area contributed by atoms with Crippen LogP contribution >= 0.6 is 23.1 Å². The summed E-state index contributed by atoms with van der Waals surface area (Å²) in [6, 6.07) is 9.84. The van der Waals surface area contributed by atoms with E-state index in [0.717, 1.165) is 28.6 Å². The van der Waals surface area contributed by atoms with Crippen LogP contribution in [0.4, 0.5) is 0 Å². The quantitative estimate of drug-likeness (QED) is 0.427. The Kier molecular flexibility index (Phi) is 6.71. The molecule has 0 saturated carbocycles.